The molecule has 144 valence electrons. The van der Waals surface area contributed by atoms with Crippen LogP contribution in [0.15, 0.2) is 42.7 Å². The van der Waals surface area contributed by atoms with Gasteiger partial charge in [-0.3, -0.25) is 9.36 Å². The lowest BCUT2D eigenvalue weighted by Crippen LogP contribution is -2.25. The molecule has 0 fully saturated rings. The number of rotatable bonds is 4. The quantitative estimate of drug-likeness (QED) is 0.713. The molecule has 1 amide bonds. The Balaban J connectivity index is 1.79. The highest BCUT2D eigenvalue weighted by Gasteiger charge is 2.31. The van der Waals surface area contributed by atoms with Crippen LogP contribution in [0.4, 0.5) is 10.2 Å². The van der Waals surface area contributed by atoms with E-state index in [9.17, 15) is 9.18 Å². The number of nitrogens with zero attached hydrogens (tertiary/aromatic N) is 2. The molecule has 0 aliphatic carbocycles. The minimum atomic E-state index is -0.508. The fourth-order valence-corrected chi connectivity index (χ4v) is 3.56. The number of halogens is 2. The lowest BCUT2D eigenvalue weighted by Gasteiger charge is -2.24. The average molecular weight is 402 g/mol. The molecule has 0 saturated carbocycles. The molecule has 1 N–H and O–H groups in total. The van der Waals surface area contributed by atoms with E-state index >= 15 is 0 Å². The number of nitrogens with one attached hydrogen (secondary N) is 1. The van der Waals surface area contributed by atoms with Crippen molar-refractivity contribution in [2.45, 2.75) is 12.3 Å². The van der Waals surface area contributed by atoms with Gasteiger partial charge in [-0.15, -0.1) is 0 Å². The Morgan fingerprint density at radius 1 is 1.18 bits per heavy atom. The summed E-state index contributed by atoms with van der Waals surface area (Å²) in [6.45, 7) is 0. The van der Waals surface area contributed by atoms with Gasteiger partial charge in [0.25, 0.3) is 0 Å². The molecule has 3 aromatic rings. The summed E-state index contributed by atoms with van der Waals surface area (Å²) in [5, 5.41) is 2.86. The molecule has 1 aliphatic rings. The van der Waals surface area contributed by atoms with E-state index in [0.717, 1.165) is 5.56 Å². The maximum absolute atomic E-state index is 13.5. The molecular formula is C20H17ClFN3O3. The number of hydrogen-bond acceptors (Lipinski definition) is 4. The smallest absolute Gasteiger partial charge is 0.226 e. The van der Waals surface area contributed by atoms with E-state index in [0.29, 0.717) is 28.7 Å². The van der Waals surface area contributed by atoms with Crippen molar-refractivity contribution in [1.29, 1.82) is 0 Å². The van der Waals surface area contributed by atoms with Gasteiger partial charge in [-0.05, 0) is 35.9 Å². The summed E-state index contributed by atoms with van der Waals surface area (Å²) in [5.74, 6) is 0.837. The second kappa shape index (κ2) is 7.16. The number of fused-ring (bicyclic) bond motifs is 1. The van der Waals surface area contributed by atoms with Crippen molar-refractivity contribution in [3.05, 3.63) is 64.8 Å². The molecule has 0 radical (unpaired) electrons. The molecule has 4 rings (SSSR count). The molecule has 2 heterocycles. The van der Waals surface area contributed by atoms with Crippen molar-refractivity contribution in [2.75, 3.05) is 19.5 Å². The summed E-state index contributed by atoms with van der Waals surface area (Å²) in [6.07, 6.45) is 1.84. The van der Waals surface area contributed by atoms with E-state index in [1.54, 1.807) is 37.2 Å². The largest absolute Gasteiger partial charge is 0.493 e. The van der Waals surface area contributed by atoms with Gasteiger partial charge in [0, 0.05) is 12.3 Å². The SMILES string of the molecule is COc1ccc(C2CC(=O)Nc3c2ncn3-c2ccc(F)c(Cl)c2)cc1OC. The number of ether oxygens (including phenoxy) is 2. The van der Waals surface area contributed by atoms with Gasteiger partial charge >= 0.3 is 0 Å². The Labute approximate surface area is 165 Å². The van der Waals surface area contributed by atoms with Crippen LogP contribution in [0.2, 0.25) is 5.02 Å². The molecule has 1 aromatic heterocycles. The fourth-order valence-electron chi connectivity index (χ4n) is 3.38. The van der Waals surface area contributed by atoms with Crippen LogP contribution in [0.25, 0.3) is 5.69 Å². The molecule has 2 aromatic carbocycles. The van der Waals surface area contributed by atoms with Crippen molar-refractivity contribution < 1.29 is 18.7 Å². The number of imidazole rings is 1. The molecule has 1 unspecified atom stereocenters. The van der Waals surface area contributed by atoms with Crippen LogP contribution >= 0.6 is 11.6 Å². The summed E-state index contributed by atoms with van der Waals surface area (Å²) < 4.78 is 25.9. The van der Waals surface area contributed by atoms with Crippen molar-refractivity contribution in [3.8, 4) is 17.2 Å². The number of carbonyl (C=O) groups excluding carboxylic acids is 1. The van der Waals surface area contributed by atoms with Crippen LogP contribution in [0.3, 0.4) is 0 Å². The second-order valence-corrected chi connectivity index (χ2v) is 6.77. The summed E-state index contributed by atoms with van der Waals surface area (Å²) in [5.41, 5.74) is 2.21. The Hall–Kier alpha value is -3.06. The Morgan fingerprint density at radius 3 is 2.68 bits per heavy atom. The highest BCUT2D eigenvalue weighted by molar-refractivity contribution is 6.30. The first kappa shape index (κ1) is 18.3. The lowest BCUT2D eigenvalue weighted by atomic mass is 9.89. The zero-order valence-corrected chi connectivity index (χ0v) is 16.0. The predicted molar refractivity (Wildman–Crippen MR) is 103 cm³/mol. The molecule has 28 heavy (non-hydrogen) atoms. The third-order valence-corrected chi connectivity index (χ3v) is 5.05. The van der Waals surface area contributed by atoms with Crippen molar-refractivity contribution in [2.24, 2.45) is 0 Å². The summed E-state index contributed by atoms with van der Waals surface area (Å²) in [7, 11) is 3.13. The van der Waals surface area contributed by atoms with Crippen molar-refractivity contribution in [1.82, 2.24) is 9.55 Å². The van der Waals surface area contributed by atoms with Crippen LogP contribution in [-0.4, -0.2) is 29.7 Å². The van der Waals surface area contributed by atoms with Crippen LogP contribution in [0, 0.1) is 5.82 Å². The number of methoxy groups -OCH3 is 2. The lowest BCUT2D eigenvalue weighted by molar-refractivity contribution is -0.116. The van der Waals surface area contributed by atoms with Gasteiger partial charge in [0.15, 0.2) is 11.5 Å². The van der Waals surface area contributed by atoms with Crippen LogP contribution in [-0.2, 0) is 4.79 Å². The van der Waals surface area contributed by atoms with Gasteiger partial charge in [-0.2, -0.15) is 0 Å². The number of carbonyl (C=O) groups is 1. The Kier molecular flexibility index (Phi) is 4.68. The first-order chi connectivity index (χ1) is 13.5. The summed E-state index contributed by atoms with van der Waals surface area (Å²) in [4.78, 5) is 16.9. The van der Waals surface area contributed by atoms with Gasteiger partial charge < -0.3 is 14.8 Å². The van der Waals surface area contributed by atoms with Crippen LogP contribution in [0.5, 0.6) is 11.5 Å². The highest BCUT2D eigenvalue weighted by Crippen LogP contribution is 2.40. The predicted octanol–water partition coefficient (Wildman–Crippen LogP) is 4.16. The van der Waals surface area contributed by atoms with E-state index in [1.165, 1.54) is 12.1 Å². The average Bonchev–Trinajstić information content (AvgIpc) is 3.12. The molecule has 0 bridgehead atoms. The monoisotopic (exact) mass is 401 g/mol. The third-order valence-electron chi connectivity index (χ3n) is 4.76. The normalized spacial score (nSPS) is 15.7. The number of aromatic nitrogens is 2. The molecule has 0 saturated heterocycles. The van der Waals surface area contributed by atoms with Gasteiger partial charge in [0.05, 0.1) is 30.6 Å². The van der Waals surface area contributed by atoms with Gasteiger partial charge in [-0.1, -0.05) is 17.7 Å². The number of benzene rings is 2. The van der Waals surface area contributed by atoms with Gasteiger partial charge in [-0.25, -0.2) is 9.37 Å². The van der Waals surface area contributed by atoms with Crippen molar-refractivity contribution >= 4 is 23.3 Å². The van der Waals surface area contributed by atoms with E-state index in [2.05, 4.69) is 10.3 Å². The second-order valence-electron chi connectivity index (χ2n) is 6.37. The topological polar surface area (TPSA) is 65.4 Å². The number of amides is 1. The first-order valence-corrected chi connectivity index (χ1v) is 8.94. The minimum Gasteiger partial charge on any atom is -0.493 e. The molecular weight excluding hydrogens is 385 g/mol. The van der Waals surface area contributed by atoms with E-state index in [-0.39, 0.29) is 23.3 Å². The van der Waals surface area contributed by atoms with Crippen LogP contribution in [0.1, 0.15) is 23.6 Å². The van der Waals surface area contributed by atoms with E-state index < -0.39 is 5.82 Å². The Bertz CT molecular complexity index is 1070. The highest BCUT2D eigenvalue weighted by atomic mass is 35.5. The number of hydrogen-bond donors (Lipinski definition) is 1. The number of anilines is 1. The van der Waals surface area contributed by atoms with Gasteiger partial charge in [0.1, 0.15) is 18.0 Å². The summed E-state index contributed by atoms with van der Waals surface area (Å²) >= 11 is 5.91. The maximum Gasteiger partial charge on any atom is 0.226 e. The molecule has 0 spiro atoms. The van der Waals surface area contributed by atoms with E-state index in [4.69, 9.17) is 21.1 Å². The zero-order valence-electron chi connectivity index (χ0n) is 15.2. The van der Waals surface area contributed by atoms with E-state index in [1.807, 2.05) is 12.1 Å². The standard InChI is InChI=1S/C20H17ClFN3O3/c1-27-16-6-3-11(7-17(16)28-2)13-9-18(26)24-20-19(13)23-10-25(20)12-4-5-15(22)14(21)8-12/h3-8,10,13H,9H2,1-2H3,(H,24,26). The first-order valence-electron chi connectivity index (χ1n) is 8.56. The van der Waals surface area contributed by atoms with Crippen molar-refractivity contribution in [3.63, 3.8) is 0 Å². The maximum atomic E-state index is 13.5. The third kappa shape index (κ3) is 3.07. The molecule has 6 nitrogen and oxygen atoms in total. The molecule has 8 heteroatoms. The summed E-state index contributed by atoms with van der Waals surface area (Å²) in [6, 6.07) is 9.89. The fraction of sp³-hybridized carbons (Fsp3) is 0.200. The molecule has 1 atom stereocenters. The van der Waals surface area contributed by atoms with Gasteiger partial charge in [0.2, 0.25) is 5.91 Å². The van der Waals surface area contributed by atoms with Crippen LogP contribution < -0.4 is 14.8 Å². The minimum absolute atomic E-state index is 0.00136. The molecule has 1 aliphatic heterocycles. The zero-order chi connectivity index (χ0) is 19.8. The Morgan fingerprint density at radius 2 is 1.96 bits per heavy atom.